The SMILES string of the molecule is CCC(C)(C)C(=O)Oc1cccc(OC(=O)c2ccccc2)c1. The van der Waals surface area contributed by atoms with Crippen molar-refractivity contribution in [1.29, 1.82) is 0 Å². The van der Waals surface area contributed by atoms with Crippen molar-refractivity contribution >= 4 is 11.9 Å². The molecule has 0 radical (unpaired) electrons. The summed E-state index contributed by atoms with van der Waals surface area (Å²) in [4.78, 5) is 24.1. The van der Waals surface area contributed by atoms with E-state index in [-0.39, 0.29) is 5.97 Å². The number of esters is 2. The Balaban J connectivity index is 2.08. The lowest BCUT2D eigenvalue weighted by molar-refractivity contribution is -0.144. The van der Waals surface area contributed by atoms with E-state index >= 15 is 0 Å². The van der Waals surface area contributed by atoms with E-state index in [0.717, 1.165) is 0 Å². The van der Waals surface area contributed by atoms with E-state index in [1.807, 2.05) is 26.8 Å². The highest BCUT2D eigenvalue weighted by Crippen LogP contribution is 2.26. The standard InChI is InChI=1S/C19H20O4/c1-4-19(2,3)18(21)23-16-12-8-11-15(13-16)22-17(20)14-9-6-5-7-10-14/h5-13H,4H2,1-3H3. The second-order valence-corrected chi connectivity index (χ2v) is 5.86. The molecular formula is C19H20O4. The van der Waals surface area contributed by atoms with Gasteiger partial charge in [-0.15, -0.1) is 0 Å². The van der Waals surface area contributed by atoms with Gasteiger partial charge in [0, 0.05) is 6.07 Å². The molecule has 0 saturated heterocycles. The monoisotopic (exact) mass is 312 g/mol. The predicted molar refractivity (Wildman–Crippen MR) is 87.5 cm³/mol. The normalized spacial score (nSPS) is 10.9. The third-order valence-corrected chi connectivity index (χ3v) is 3.67. The molecule has 2 rings (SSSR count). The Morgan fingerprint density at radius 1 is 0.913 bits per heavy atom. The lowest BCUT2D eigenvalue weighted by Crippen LogP contribution is -2.28. The van der Waals surface area contributed by atoms with E-state index < -0.39 is 11.4 Å². The molecule has 0 fully saturated rings. The number of hydrogen-bond donors (Lipinski definition) is 0. The molecule has 23 heavy (non-hydrogen) atoms. The minimum absolute atomic E-state index is 0.313. The minimum atomic E-state index is -0.559. The smallest absolute Gasteiger partial charge is 0.343 e. The molecule has 0 atom stereocenters. The van der Waals surface area contributed by atoms with Crippen molar-refractivity contribution in [2.45, 2.75) is 27.2 Å². The molecule has 4 nitrogen and oxygen atoms in total. The summed E-state index contributed by atoms with van der Waals surface area (Å²) < 4.78 is 10.7. The van der Waals surface area contributed by atoms with Crippen LogP contribution in [0.4, 0.5) is 0 Å². The Morgan fingerprint density at radius 3 is 2.13 bits per heavy atom. The maximum absolute atomic E-state index is 12.1. The maximum Gasteiger partial charge on any atom is 0.343 e. The number of benzene rings is 2. The van der Waals surface area contributed by atoms with Gasteiger partial charge in [-0.3, -0.25) is 4.79 Å². The third kappa shape index (κ3) is 4.42. The van der Waals surface area contributed by atoms with Crippen molar-refractivity contribution in [1.82, 2.24) is 0 Å². The molecular weight excluding hydrogens is 292 g/mol. The molecule has 120 valence electrons. The Hall–Kier alpha value is -2.62. The first-order valence-electron chi connectivity index (χ1n) is 7.52. The van der Waals surface area contributed by atoms with Gasteiger partial charge in [-0.1, -0.05) is 31.2 Å². The molecule has 0 heterocycles. The molecule has 0 aliphatic heterocycles. The highest BCUT2D eigenvalue weighted by molar-refractivity contribution is 5.91. The molecule has 0 N–H and O–H groups in total. The molecule has 2 aromatic rings. The zero-order valence-electron chi connectivity index (χ0n) is 13.5. The fourth-order valence-electron chi connectivity index (χ4n) is 1.73. The van der Waals surface area contributed by atoms with Gasteiger partial charge in [0.1, 0.15) is 11.5 Å². The average Bonchev–Trinajstić information content (AvgIpc) is 2.56. The summed E-state index contributed by atoms with van der Waals surface area (Å²) >= 11 is 0. The van der Waals surface area contributed by atoms with Crippen LogP contribution in [0.25, 0.3) is 0 Å². The predicted octanol–water partition coefficient (Wildman–Crippen LogP) is 4.25. The summed E-state index contributed by atoms with van der Waals surface area (Å²) in [5.41, 5.74) is -0.0986. The fraction of sp³-hybridized carbons (Fsp3) is 0.263. The zero-order chi connectivity index (χ0) is 16.9. The first kappa shape index (κ1) is 16.7. The van der Waals surface area contributed by atoms with Gasteiger partial charge >= 0.3 is 11.9 Å². The van der Waals surface area contributed by atoms with Crippen molar-refractivity contribution in [3.8, 4) is 11.5 Å². The van der Waals surface area contributed by atoms with Crippen LogP contribution in [0.5, 0.6) is 11.5 Å². The molecule has 0 saturated carbocycles. The van der Waals surface area contributed by atoms with Gasteiger partial charge in [-0.2, -0.15) is 0 Å². The van der Waals surface area contributed by atoms with Gasteiger partial charge < -0.3 is 9.47 Å². The highest BCUT2D eigenvalue weighted by atomic mass is 16.5. The van der Waals surface area contributed by atoms with Crippen molar-refractivity contribution in [2.24, 2.45) is 5.41 Å². The molecule has 0 aliphatic rings. The van der Waals surface area contributed by atoms with Gasteiger partial charge in [-0.05, 0) is 44.5 Å². The van der Waals surface area contributed by atoms with Gasteiger partial charge in [0.25, 0.3) is 0 Å². The number of carbonyl (C=O) groups is 2. The van der Waals surface area contributed by atoms with Crippen molar-refractivity contribution in [2.75, 3.05) is 0 Å². The summed E-state index contributed by atoms with van der Waals surface area (Å²) in [6.07, 6.45) is 0.675. The lowest BCUT2D eigenvalue weighted by Gasteiger charge is -2.20. The van der Waals surface area contributed by atoms with Crippen molar-refractivity contribution < 1.29 is 19.1 Å². The number of carbonyl (C=O) groups excluding carboxylic acids is 2. The van der Waals surface area contributed by atoms with E-state index in [1.54, 1.807) is 42.5 Å². The van der Waals surface area contributed by atoms with E-state index in [2.05, 4.69) is 0 Å². The molecule has 0 amide bonds. The van der Waals surface area contributed by atoms with Crippen LogP contribution < -0.4 is 9.47 Å². The van der Waals surface area contributed by atoms with Gasteiger partial charge in [0.05, 0.1) is 11.0 Å². The van der Waals surface area contributed by atoms with Crippen LogP contribution in [-0.4, -0.2) is 11.9 Å². The van der Waals surface area contributed by atoms with Gasteiger partial charge in [0.15, 0.2) is 0 Å². The summed E-state index contributed by atoms with van der Waals surface area (Å²) in [7, 11) is 0. The molecule has 0 bridgehead atoms. The summed E-state index contributed by atoms with van der Waals surface area (Å²) in [6, 6.07) is 15.2. The summed E-state index contributed by atoms with van der Waals surface area (Å²) in [6.45, 7) is 5.59. The van der Waals surface area contributed by atoms with Crippen LogP contribution in [-0.2, 0) is 4.79 Å². The van der Waals surface area contributed by atoms with Gasteiger partial charge in [0.2, 0.25) is 0 Å². The molecule has 0 aromatic heterocycles. The number of hydrogen-bond acceptors (Lipinski definition) is 4. The molecule has 0 aliphatic carbocycles. The second-order valence-electron chi connectivity index (χ2n) is 5.86. The molecule has 0 spiro atoms. The van der Waals surface area contributed by atoms with Crippen molar-refractivity contribution in [3.05, 3.63) is 60.2 Å². The fourth-order valence-corrected chi connectivity index (χ4v) is 1.73. The summed E-state index contributed by atoms with van der Waals surface area (Å²) in [5.74, 6) is -0.0807. The maximum atomic E-state index is 12.1. The second kappa shape index (κ2) is 7.09. The van der Waals surface area contributed by atoms with E-state index in [9.17, 15) is 9.59 Å². The average molecular weight is 312 g/mol. The Labute approximate surface area is 136 Å². The minimum Gasteiger partial charge on any atom is -0.426 e. The quantitative estimate of drug-likeness (QED) is 0.612. The topological polar surface area (TPSA) is 52.6 Å². The highest BCUT2D eigenvalue weighted by Gasteiger charge is 2.27. The van der Waals surface area contributed by atoms with E-state index in [1.165, 1.54) is 6.07 Å². The van der Waals surface area contributed by atoms with Crippen LogP contribution in [0, 0.1) is 5.41 Å². The number of ether oxygens (including phenoxy) is 2. The molecule has 0 unspecified atom stereocenters. The van der Waals surface area contributed by atoms with Gasteiger partial charge in [-0.25, -0.2) is 4.79 Å². The Bertz CT molecular complexity index is 690. The summed E-state index contributed by atoms with van der Waals surface area (Å²) in [5, 5.41) is 0. The Morgan fingerprint density at radius 2 is 1.52 bits per heavy atom. The van der Waals surface area contributed by atoms with Crippen molar-refractivity contribution in [3.63, 3.8) is 0 Å². The van der Waals surface area contributed by atoms with Crippen LogP contribution in [0.2, 0.25) is 0 Å². The van der Waals surface area contributed by atoms with Crippen LogP contribution in [0.1, 0.15) is 37.6 Å². The first-order valence-corrected chi connectivity index (χ1v) is 7.52. The molecule has 4 heteroatoms. The first-order chi connectivity index (χ1) is 10.9. The number of rotatable bonds is 5. The van der Waals surface area contributed by atoms with Crippen LogP contribution >= 0.6 is 0 Å². The zero-order valence-corrected chi connectivity index (χ0v) is 13.5. The van der Waals surface area contributed by atoms with Crippen LogP contribution in [0.3, 0.4) is 0 Å². The Kier molecular flexibility index (Phi) is 5.16. The van der Waals surface area contributed by atoms with E-state index in [0.29, 0.717) is 23.5 Å². The largest absolute Gasteiger partial charge is 0.426 e. The lowest BCUT2D eigenvalue weighted by atomic mass is 9.91. The third-order valence-electron chi connectivity index (χ3n) is 3.67. The van der Waals surface area contributed by atoms with E-state index in [4.69, 9.17) is 9.47 Å². The van der Waals surface area contributed by atoms with Crippen LogP contribution in [0.15, 0.2) is 54.6 Å². The molecule has 2 aromatic carbocycles.